The minimum atomic E-state index is 0.272. The second kappa shape index (κ2) is 3.56. The van der Waals surface area contributed by atoms with Gasteiger partial charge >= 0.3 is 0 Å². The molecule has 4 saturated heterocycles. The SMILES string of the molecule is O=C(c1cccs1)N1C2CC3CC1CC(C2)N3. The van der Waals surface area contributed by atoms with Crippen molar-refractivity contribution in [3.63, 3.8) is 0 Å². The third kappa shape index (κ3) is 1.47. The van der Waals surface area contributed by atoms with Crippen molar-refractivity contribution in [2.75, 3.05) is 0 Å². The van der Waals surface area contributed by atoms with Crippen LogP contribution in [0.5, 0.6) is 0 Å². The molecule has 5 heterocycles. The van der Waals surface area contributed by atoms with E-state index >= 15 is 0 Å². The van der Waals surface area contributed by atoms with Gasteiger partial charge in [0.05, 0.1) is 4.88 Å². The Balaban J connectivity index is 1.64. The maximum atomic E-state index is 12.5. The van der Waals surface area contributed by atoms with Crippen molar-refractivity contribution < 1.29 is 4.79 Å². The van der Waals surface area contributed by atoms with E-state index in [1.165, 1.54) is 0 Å². The number of nitrogens with one attached hydrogen (secondary N) is 1. The number of amides is 1. The maximum absolute atomic E-state index is 12.5. The fourth-order valence-corrected chi connectivity index (χ4v) is 4.58. The number of rotatable bonds is 1. The number of carbonyl (C=O) groups excluding carboxylic acids is 1. The second-order valence-electron chi connectivity index (χ2n) is 5.50. The van der Waals surface area contributed by atoms with Gasteiger partial charge in [-0.1, -0.05) is 6.07 Å². The van der Waals surface area contributed by atoms with E-state index < -0.39 is 0 Å². The summed E-state index contributed by atoms with van der Waals surface area (Å²) in [6.07, 6.45) is 4.63. The summed E-state index contributed by atoms with van der Waals surface area (Å²) in [5, 5.41) is 5.66. The largest absolute Gasteiger partial charge is 0.332 e. The van der Waals surface area contributed by atoms with Crippen molar-refractivity contribution in [1.29, 1.82) is 0 Å². The van der Waals surface area contributed by atoms with Gasteiger partial charge in [0, 0.05) is 24.2 Å². The van der Waals surface area contributed by atoms with Gasteiger partial charge in [-0.2, -0.15) is 0 Å². The van der Waals surface area contributed by atoms with Crippen molar-refractivity contribution in [3.8, 4) is 0 Å². The van der Waals surface area contributed by atoms with Gasteiger partial charge in [-0.3, -0.25) is 4.79 Å². The van der Waals surface area contributed by atoms with Gasteiger partial charge in [0.15, 0.2) is 0 Å². The Bertz CT molecular complexity index is 414. The molecule has 0 aromatic carbocycles. The normalized spacial score (nSPS) is 38.7. The highest BCUT2D eigenvalue weighted by Crippen LogP contribution is 2.40. The van der Waals surface area contributed by atoms with E-state index in [2.05, 4.69) is 10.2 Å². The van der Waals surface area contributed by atoms with Crippen LogP contribution in [0, 0.1) is 0 Å². The summed E-state index contributed by atoms with van der Waals surface area (Å²) in [6, 6.07) is 6.25. The fourth-order valence-electron chi connectivity index (χ4n) is 3.92. The Hall–Kier alpha value is -0.870. The zero-order valence-corrected chi connectivity index (χ0v) is 10.5. The number of hydrogen-bond acceptors (Lipinski definition) is 3. The highest BCUT2D eigenvalue weighted by atomic mass is 32.1. The molecule has 1 amide bonds. The van der Waals surface area contributed by atoms with Gasteiger partial charge in [-0.25, -0.2) is 0 Å². The van der Waals surface area contributed by atoms with E-state index in [1.54, 1.807) is 11.3 Å². The molecule has 0 unspecified atom stereocenters. The van der Waals surface area contributed by atoms with E-state index in [4.69, 9.17) is 0 Å². The minimum Gasteiger partial charge on any atom is -0.332 e. The van der Waals surface area contributed by atoms with Crippen LogP contribution >= 0.6 is 11.3 Å². The maximum Gasteiger partial charge on any atom is 0.264 e. The highest BCUT2D eigenvalue weighted by Gasteiger charge is 2.48. The monoisotopic (exact) mass is 248 g/mol. The zero-order valence-electron chi connectivity index (χ0n) is 9.63. The standard InChI is InChI=1S/C13H16N2OS/c16-13(12-2-1-3-17-12)15-10-4-8-5-11(15)7-9(6-10)14-8/h1-3,8-11,14H,4-7H2. The second-order valence-corrected chi connectivity index (χ2v) is 6.45. The Labute approximate surface area is 105 Å². The lowest BCUT2D eigenvalue weighted by Crippen LogP contribution is -2.68. The molecule has 17 heavy (non-hydrogen) atoms. The third-order valence-corrected chi connectivity index (χ3v) is 5.31. The van der Waals surface area contributed by atoms with Crippen LogP contribution in [-0.2, 0) is 0 Å². The molecule has 0 saturated carbocycles. The number of carbonyl (C=O) groups is 1. The number of nitrogens with zero attached hydrogens (tertiary/aromatic N) is 1. The molecule has 0 radical (unpaired) electrons. The first-order valence-corrected chi connectivity index (χ1v) is 7.31. The summed E-state index contributed by atoms with van der Waals surface area (Å²) in [6.45, 7) is 0. The molecule has 4 fully saturated rings. The molecule has 4 bridgehead atoms. The highest BCUT2D eigenvalue weighted by molar-refractivity contribution is 7.12. The molecule has 90 valence electrons. The van der Waals surface area contributed by atoms with Gasteiger partial charge < -0.3 is 10.2 Å². The van der Waals surface area contributed by atoms with Gasteiger partial charge in [-0.15, -0.1) is 11.3 Å². The van der Waals surface area contributed by atoms with Crippen LogP contribution in [0.1, 0.15) is 35.4 Å². The van der Waals surface area contributed by atoms with Gasteiger partial charge in [0.2, 0.25) is 0 Å². The van der Waals surface area contributed by atoms with Gasteiger partial charge in [0.1, 0.15) is 0 Å². The molecular weight excluding hydrogens is 232 g/mol. The van der Waals surface area contributed by atoms with E-state index in [-0.39, 0.29) is 5.91 Å². The predicted molar refractivity (Wildman–Crippen MR) is 67.2 cm³/mol. The molecule has 4 aliphatic heterocycles. The third-order valence-electron chi connectivity index (χ3n) is 4.45. The molecule has 0 aliphatic carbocycles. The number of thiophene rings is 1. The average Bonchev–Trinajstić information content (AvgIpc) is 2.80. The quantitative estimate of drug-likeness (QED) is 0.822. The topological polar surface area (TPSA) is 32.3 Å². The van der Waals surface area contributed by atoms with Crippen molar-refractivity contribution in [3.05, 3.63) is 22.4 Å². The summed E-state index contributed by atoms with van der Waals surface area (Å²) in [4.78, 5) is 15.6. The van der Waals surface area contributed by atoms with Crippen LogP contribution in [0.4, 0.5) is 0 Å². The van der Waals surface area contributed by atoms with E-state index in [0.717, 1.165) is 30.6 Å². The molecule has 1 aromatic rings. The van der Waals surface area contributed by atoms with Crippen LogP contribution in [0.25, 0.3) is 0 Å². The van der Waals surface area contributed by atoms with E-state index in [9.17, 15) is 4.79 Å². The Morgan fingerprint density at radius 1 is 1.24 bits per heavy atom. The van der Waals surface area contributed by atoms with E-state index in [1.807, 2.05) is 17.5 Å². The van der Waals surface area contributed by atoms with Crippen LogP contribution in [0.2, 0.25) is 0 Å². The summed E-state index contributed by atoms with van der Waals surface area (Å²) in [7, 11) is 0. The first-order chi connectivity index (χ1) is 8.31. The van der Waals surface area contributed by atoms with Gasteiger partial charge in [-0.05, 0) is 37.1 Å². The van der Waals surface area contributed by atoms with Crippen LogP contribution in [0.15, 0.2) is 17.5 Å². The lowest BCUT2D eigenvalue weighted by Gasteiger charge is -2.56. The molecule has 5 rings (SSSR count). The molecule has 0 spiro atoms. The molecular formula is C13H16N2OS. The van der Waals surface area contributed by atoms with Crippen molar-refractivity contribution in [2.24, 2.45) is 0 Å². The molecule has 4 aliphatic rings. The number of piperidine rings is 4. The van der Waals surface area contributed by atoms with Crippen LogP contribution in [-0.4, -0.2) is 35.0 Å². The smallest absolute Gasteiger partial charge is 0.264 e. The molecule has 4 heteroatoms. The summed E-state index contributed by atoms with van der Waals surface area (Å²) >= 11 is 1.57. The Morgan fingerprint density at radius 2 is 1.88 bits per heavy atom. The predicted octanol–water partition coefficient (Wildman–Crippen LogP) is 1.86. The van der Waals surface area contributed by atoms with E-state index in [0.29, 0.717) is 24.2 Å². The molecule has 1 N–H and O–H groups in total. The fraction of sp³-hybridized carbons (Fsp3) is 0.615. The van der Waals surface area contributed by atoms with Crippen LogP contribution < -0.4 is 5.32 Å². The first-order valence-electron chi connectivity index (χ1n) is 6.43. The summed E-state index contributed by atoms with van der Waals surface area (Å²) in [5.74, 6) is 0.272. The minimum absolute atomic E-state index is 0.272. The Morgan fingerprint density at radius 3 is 2.41 bits per heavy atom. The number of hydrogen-bond donors (Lipinski definition) is 1. The molecule has 0 atom stereocenters. The van der Waals surface area contributed by atoms with Crippen molar-refractivity contribution in [2.45, 2.75) is 49.9 Å². The Kier molecular flexibility index (Phi) is 2.11. The molecule has 1 aromatic heterocycles. The zero-order chi connectivity index (χ0) is 11.4. The van der Waals surface area contributed by atoms with Gasteiger partial charge in [0.25, 0.3) is 5.91 Å². The molecule has 3 nitrogen and oxygen atoms in total. The van der Waals surface area contributed by atoms with Crippen molar-refractivity contribution >= 4 is 17.2 Å². The van der Waals surface area contributed by atoms with Crippen LogP contribution in [0.3, 0.4) is 0 Å². The average molecular weight is 248 g/mol. The lowest BCUT2D eigenvalue weighted by molar-refractivity contribution is -0.0169. The lowest BCUT2D eigenvalue weighted by atomic mass is 9.74. The first kappa shape index (κ1) is 10.1. The van der Waals surface area contributed by atoms with Crippen molar-refractivity contribution in [1.82, 2.24) is 10.2 Å². The summed E-state index contributed by atoms with van der Waals surface area (Å²) < 4.78 is 0. The summed E-state index contributed by atoms with van der Waals surface area (Å²) in [5.41, 5.74) is 0.